The molecule has 2 nitrogen and oxygen atoms in total. The van der Waals surface area contributed by atoms with Gasteiger partial charge >= 0.3 is 5.97 Å². The van der Waals surface area contributed by atoms with Gasteiger partial charge in [-0.3, -0.25) is 4.79 Å². The third kappa shape index (κ3) is 16.7. The smallest absolute Gasteiger partial charge is 0.302 e. The molecule has 0 radical (unpaired) electrons. The van der Waals surface area contributed by atoms with Crippen LogP contribution in [0, 0.1) is 0 Å². The molecule has 0 bridgehead atoms. The fraction of sp³-hybridized carbons (Fsp3) is 0.611. The predicted octanol–water partition coefficient (Wildman–Crippen LogP) is 5.36. The van der Waals surface area contributed by atoms with Crippen molar-refractivity contribution in [2.45, 2.75) is 65.2 Å². The zero-order chi connectivity index (χ0) is 14.9. The third-order valence-electron chi connectivity index (χ3n) is 2.84. The van der Waals surface area contributed by atoms with E-state index >= 15 is 0 Å². The summed E-state index contributed by atoms with van der Waals surface area (Å²) in [6.07, 6.45) is 22.3. The summed E-state index contributed by atoms with van der Waals surface area (Å²) < 4.78 is 4.85. The van der Waals surface area contributed by atoms with Crippen molar-refractivity contribution in [2.24, 2.45) is 0 Å². The average Bonchev–Trinajstić information content (AvgIpc) is 2.43. The fourth-order valence-electron chi connectivity index (χ4n) is 1.71. The quantitative estimate of drug-likeness (QED) is 0.208. The fourth-order valence-corrected chi connectivity index (χ4v) is 1.71. The number of carbonyl (C=O) groups is 1. The molecule has 0 fully saturated rings. The minimum atomic E-state index is -0.198. The highest BCUT2D eigenvalue weighted by Crippen LogP contribution is 2.01. The Balaban J connectivity index is 3.32. The third-order valence-corrected chi connectivity index (χ3v) is 2.84. The molecule has 0 heterocycles. The van der Waals surface area contributed by atoms with Crippen molar-refractivity contribution in [3.63, 3.8) is 0 Å². The summed E-state index contributed by atoms with van der Waals surface area (Å²) >= 11 is 0. The Kier molecular flexibility index (Phi) is 14.7. The Bertz CT molecular complexity index is 301. The van der Waals surface area contributed by atoms with Gasteiger partial charge in [0, 0.05) is 6.92 Å². The summed E-state index contributed by atoms with van der Waals surface area (Å²) in [5, 5.41) is 0. The van der Waals surface area contributed by atoms with Crippen LogP contribution in [0.2, 0.25) is 0 Å². The van der Waals surface area contributed by atoms with Gasteiger partial charge in [0.1, 0.15) is 0 Å². The normalized spacial score (nSPS) is 11.9. The van der Waals surface area contributed by atoms with E-state index in [0.717, 1.165) is 25.7 Å². The Labute approximate surface area is 124 Å². The Morgan fingerprint density at radius 1 is 0.850 bits per heavy atom. The van der Waals surface area contributed by atoms with Crippen LogP contribution < -0.4 is 0 Å². The Hall–Kier alpha value is -1.31. The van der Waals surface area contributed by atoms with E-state index in [4.69, 9.17) is 4.74 Å². The molecule has 0 aliphatic rings. The SMILES string of the molecule is CCCCCC=CCC/C=C/C=C/CCCOC(C)=O. The Morgan fingerprint density at radius 3 is 2.15 bits per heavy atom. The lowest BCUT2D eigenvalue weighted by Crippen LogP contribution is -1.99. The van der Waals surface area contributed by atoms with Crippen molar-refractivity contribution in [3.8, 4) is 0 Å². The van der Waals surface area contributed by atoms with Gasteiger partial charge in [0.05, 0.1) is 6.61 Å². The molecule has 0 atom stereocenters. The van der Waals surface area contributed by atoms with E-state index in [1.165, 1.54) is 32.6 Å². The molecule has 0 aromatic carbocycles. The molecule has 20 heavy (non-hydrogen) atoms. The molecule has 0 spiro atoms. The summed E-state index contributed by atoms with van der Waals surface area (Å²) in [4.78, 5) is 10.5. The number of unbranched alkanes of at least 4 members (excludes halogenated alkanes) is 5. The molecule has 0 aliphatic carbocycles. The van der Waals surface area contributed by atoms with Gasteiger partial charge in [-0.1, -0.05) is 56.2 Å². The van der Waals surface area contributed by atoms with Crippen molar-refractivity contribution in [3.05, 3.63) is 36.5 Å². The lowest BCUT2D eigenvalue weighted by molar-refractivity contribution is -0.141. The minimum absolute atomic E-state index is 0.198. The topological polar surface area (TPSA) is 26.3 Å². The van der Waals surface area contributed by atoms with Crippen LogP contribution in [-0.2, 0) is 9.53 Å². The molecule has 0 saturated carbocycles. The lowest BCUT2D eigenvalue weighted by Gasteiger charge is -1.97. The zero-order valence-corrected chi connectivity index (χ0v) is 13.1. The summed E-state index contributed by atoms with van der Waals surface area (Å²) in [5.74, 6) is -0.198. The molecule has 0 saturated heterocycles. The molecule has 0 unspecified atom stereocenters. The Morgan fingerprint density at radius 2 is 1.45 bits per heavy atom. The van der Waals surface area contributed by atoms with Crippen LogP contribution in [0.1, 0.15) is 65.2 Å². The molecular formula is C18H30O2. The predicted molar refractivity (Wildman–Crippen MR) is 86.7 cm³/mol. The van der Waals surface area contributed by atoms with Gasteiger partial charge in [-0.15, -0.1) is 0 Å². The summed E-state index contributed by atoms with van der Waals surface area (Å²) in [5.41, 5.74) is 0. The highest BCUT2D eigenvalue weighted by molar-refractivity contribution is 5.65. The molecule has 0 aromatic heterocycles. The van der Waals surface area contributed by atoms with Crippen molar-refractivity contribution >= 4 is 5.97 Å². The van der Waals surface area contributed by atoms with E-state index in [0.29, 0.717) is 6.61 Å². The van der Waals surface area contributed by atoms with Crippen LogP contribution in [0.15, 0.2) is 36.5 Å². The number of allylic oxidation sites excluding steroid dienone is 6. The zero-order valence-electron chi connectivity index (χ0n) is 13.1. The van der Waals surface area contributed by atoms with Gasteiger partial charge in [0.25, 0.3) is 0 Å². The van der Waals surface area contributed by atoms with Crippen LogP contribution in [0.3, 0.4) is 0 Å². The van der Waals surface area contributed by atoms with Gasteiger partial charge in [-0.05, 0) is 38.5 Å². The van der Waals surface area contributed by atoms with E-state index < -0.39 is 0 Å². The van der Waals surface area contributed by atoms with Crippen molar-refractivity contribution in [1.29, 1.82) is 0 Å². The number of carbonyl (C=O) groups excluding carboxylic acids is 1. The van der Waals surface area contributed by atoms with E-state index in [1.54, 1.807) is 0 Å². The van der Waals surface area contributed by atoms with Crippen LogP contribution in [0.25, 0.3) is 0 Å². The second-order valence-corrected chi connectivity index (χ2v) is 4.88. The summed E-state index contributed by atoms with van der Waals surface area (Å²) in [6.45, 7) is 4.20. The molecule has 0 aromatic rings. The summed E-state index contributed by atoms with van der Waals surface area (Å²) in [7, 11) is 0. The van der Waals surface area contributed by atoms with Crippen LogP contribution in [0.4, 0.5) is 0 Å². The summed E-state index contributed by atoms with van der Waals surface area (Å²) in [6, 6.07) is 0. The average molecular weight is 278 g/mol. The minimum Gasteiger partial charge on any atom is -0.466 e. The van der Waals surface area contributed by atoms with Crippen molar-refractivity contribution in [1.82, 2.24) is 0 Å². The van der Waals surface area contributed by atoms with Crippen molar-refractivity contribution < 1.29 is 9.53 Å². The van der Waals surface area contributed by atoms with E-state index in [-0.39, 0.29) is 5.97 Å². The van der Waals surface area contributed by atoms with Crippen LogP contribution in [-0.4, -0.2) is 12.6 Å². The monoisotopic (exact) mass is 278 g/mol. The molecule has 0 rings (SSSR count). The number of hydrogen-bond donors (Lipinski definition) is 0. The molecule has 114 valence electrons. The highest BCUT2D eigenvalue weighted by atomic mass is 16.5. The molecule has 0 N–H and O–H groups in total. The molecule has 0 amide bonds. The number of esters is 1. The molecule has 2 heteroatoms. The maximum absolute atomic E-state index is 10.5. The highest BCUT2D eigenvalue weighted by Gasteiger charge is 1.89. The largest absolute Gasteiger partial charge is 0.466 e. The lowest BCUT2D eigenvalue weighted by atomic mass is 10.2. The number of rotatable bonds is 12. The van der Waals surface area contributed by atoms with Crippen molar-refractivity contribution in [2.75, 3.05) is 6.61 Å². The van der Waals surface area contributed by atoms with Gasteiger partial charge in [0.15, 0.2) is 0 Å². The second-order valence-electron chi connectivity index (χ2n) is 4.88. The first-order chi connectivity index (χ1) is 9.77. The molecular weight excluding hydrogens is 248 g/mol. The number of hydrogen-bond acceptors (Lipinski definition) is 2. The maximum Gasteiger partial charge on any atom is 0.302 e. The number of ether oxygens (including phenoxy) is 1. The second kappa shape index (κ2) is 15.7. The van der Waals surface area contributed by atoms with Gasteiger partial charge in [-0.25, -0.2) is 0 Å². The van der Waals surface area contributed by atoms with Crippen LogP contribution in [0.5, 0.6) is 0 Å². The molecule has 0 aliphatic heterocycles. The van der Waals surface area contributed by atoms with E-state index in [9.17, 15) is 4.79 Å². The van der Waals surface area contributed by atoms with Crippen LogP contribution >= 0.6 is 0 Å². The van der Waals surface area contributed by atoms with Gasteiger partial charge in [0.2, 0.25) is 0 Å². The van der Waals surface area contributed by atoms with Gasteiger partial charge < -0.3 is 4.74 Å². The first-order valence-corrected chi connectivity index (χ1v) is 7.87. The van der Waals surface area contributed by atoms with E-state index in [1.807, 2.05) is 0 Å². The first-order valence-electron chi connectivity index (χ1n) is 7.87. The van der Waals surface area contributed by atoms with E-state index in [2.05, 4.69) is 43.4 Å². The van der Waals surface area contributed by atoms with Gasteiger partial charge in [-0.2, -0.15) is 0 Å². The maximum atomic E-state index is 10.5. The first kappa shape index (κ1) is 18.7. The standard InChI is InChI=1S/C18H30O2/c1-3-4-5-6-7-8-9-10-11-12-13-14-15-16-17-20-18(2)19/h7-8,11-14H,3-6,9-10,15-17H2,1-2H3/b8-7?,12-11+,14-13+.